The number of hydrogen-bond acceptors (Lipinski definition) is 2. The fourth-order valence-corrected chi connectivity index (χ4v) is 1.77. The second-order valence-corrected chi connectivity index (χ2v) is 3.81. The van der Waals surface area contributed by atoms with Gasteiger partial charge in [0.2, 0.25) is 0 Å². The number of aryl methyl sites for hydroxylation is 1. The Labute approximate surface area is 98.1 Å². The van der Waals surface area contributed by atoms with E-state index in [2.05, 4.69) is 10.4 Å². The first-order valence-corrected chi connectivity index (χ1v) is 5.25. The third-order valence-corrected chi connectivity index (χ3v) is 2.48. The monoisotopic (exact) mass is 237 g/mol. The zero-order valence-corrected chi connectivity index (χ0v) is 9.67. The molecule has 0 fully saturated rings. The van der Waals surface area contributed by atoms with Gasteiger partial charge in [-0.1, -0.05) is 6.07 Å². The molecule has 1 heterocycles. The second kappa shape index (κ2) is 4.63. The van der Waals surface area contributed by atoms with Crippen LogP contribution in [0.15, 0.2) is 24.4 Å². The summed E-state index contributed by atoms with van der Waals surface area (Å²) in [5, 5.41) is 7.14. The largest absolute Gasteiger partial charge is 0.316 e. The summed E-state index contributed by atoms with van der Waals surface area (Å²) in [7, 11) is 3.54. The van der Waals surface area contributed by atoms with Crippen molar-refractivity contribution in [3.05, 3.63) is 41.6 Å². The van der Waals surface area contributed by atoms with Crippen LogP contribution in [0.25, 0.3) is 11.3 Å². The van der Waals surface area contributed by atoms with Gasteiger partial charge in [-0.3, -0.25) is 4.68 Å². The van der Waals surface area contributed by atoms with Gasteiger partial charge in [-0.15, -0.1) is 0 Å². The van der Waals surface area contributed by atoms with Crippen LogP contribution in [0.3, 0.4) is 0 Å². The summed E-state index contributed by atoms with van der Waals surface area (Å²) in [6.07, 6.45) is 1.79. The van der Waals surface area contributed by atoms with E-state index in [4.69, 9.17) is 0 Å². The van der Waals surface area contributed by atoms with Crippen molar-refractivity contribution in [3.63, 3.8) is 0 Å². The SMILES string of the molecule is CNCc1cn(C)nc1-c1cccc(F)c1F. The zero-order chi connectivity index (χ0) is 12.4. The van der Waals surface area contributed by atoms with Crippen LogP contribution in [0.4, 0.5) is 8.78 Å². The average Bonchev–Trinajstić information content (AvgIpc) is 2.64. The van der Waals surface area contributed by atoms with Crippen molar-refractivity contribution in [1.82, 2.24) is 15.1 Å². The van der Waals surface area contributed by atoms with E-state index in [1.165, 1.54) is 12.1 Å². The van der Waals surface area contributed by atoms with Gasteiger partial charge in [-0.05, 0) is 19.2 Å². The summed E-state index contributed by atoms with van der Waals surface area (Å²) in [5.41, 5.74) is 1.49. The molecule has 2 aromatic rings. The van der Waals surface area contributed by atoms with Gasteiger partial charge in [0, 0.05) is 30.9 Å². The molecule has 0 saturated heterocycles. The van der Waals surface area contributed by atoms with Gasteiger partial charge < -0.3 is 5.32 Å². The maximum Gasteiger partial charge on any atom is 0.168 e. The molecule has 1 aromatic heterocycles. The second-order valence-electron chi connectivity index (χ2n) is 3.81. The van der Waals surface area contributed by atoms with E-state index in [1.807, 2.05) is 0 Å². The molecule has 0 aliphatic heterocycles. The summed E-state index contributed by atoms with van der Waals surface area (Å²) in [5.74, 6) is -1.72. The van der Waals surface area contributed by atoms with Gasteiger partial charge in [0.25, 0.3) is 0 Å². The normalized spacial score (nSPS) is 10.8. The molecular weight excluding hydrogens is 224 g/mol. The molecule has 1 aromatic carbocycles. The fourth-order valence-electron chi connectivity index (χ4n) is 1.77. The van der Waals surface area contributed by atoms with E-state index < -0.39 is 11.6 Å². The highest BCUT2D eigenvalue weighted by Crippen LogP contribution is 2.26. The maximum absolute atomic E-state index is 13.7. The Morgan fingerprint density at radius 3 is 2.82 bits per heavy atom. The molecule has 0 bridgehead atoms. The van der Waals surface area contributed by atoms with Crippen molar-refractivity contribution >= 4 is 0 Å². The Morgan fingerprint density at radius 1 is 1.35 bits per heavy atom. The third-order valence-electron chi connectivity index (χ3n) is 2.48. The summed E-state index contributed by atoms with van der Waals surface area (Å²) in [6, 6.07) is 4.10. The highest BCUT2D eigenvalue weighted by Gasteiger charge is 2.15. The Kier molecular flexibility index (Phi) is 3.19. The van der Waals surface area contributed by atoms with Gasteiger partial charge in [-0.2, -0.15) is 5.10 Å². The minimum absolute atomic E-state index is 0.191. The van der Waals surface area contributed by atoms with Crippen molar-refractivity contribution in [2.45, 2.75) is 6.54 Å². The van der Waals surface area contributed by atoms with Gasteiger partial charge in [-0.25, -0.2) is 8.78 Å². The standard InChI is InChI=1S/C12H13F2N3/c1-15-6-8-7-17(2)16-12(8)9-4-3-5-10(13)11(9)14/h3-5,7,15H,6H2,1-2H3. The Hall–Kier alpha value is -1.75. The van der Waals surface area contributed by atoms with Crippen molar-refractivity contribution in [2.24, 2.45) is 7.05 Å². The summed E-state index contributed by atoms with van der Waals surface area (Å²) in [4.78, 5) is 0. The van der Waals surface area contributed by atoms with Crippen molar-refractivity contribution < 1.29 is 8.78 Å². The summed E-state index contributed by atoms with van der Waals surface area (Å²) in [6.45, 7) is 0.555. The molecule has 0 spiro atoms. The van der Waals surface area contributed by atoms with Crippen LogP contribution in [-0.2, 0) is 13.6 Å². The van der Waals surface area contributed by atoms with Crippen LogP contribution in [-0.4, -0.2) is 16.8 Å². The van der Waals surface area contributed by atoms with E-state index in [-0.39, 0.29) is 5.56 Å². The lowest BCUT2D eigenvalue weighted by atomic mass is 10.1. The van der Waals surface area contributed by atoms with Crippen molar-refractivity contribution in [1.29, 1.82) is 0 Å². The molecule has 0 amide bonds. The average molecular weight is 237 g/mol. The Morgan fingerprint density at radius 2 is 2.12 bits per heavy atom. The number of aromatic nitrogens is 2. The highest BCUT2D eigenvalue weighted by molar-refractivity contribution is 5.63. The lowest BCUT2D eigenvalue weighted by Gasteiger charge is -2.03. The van der Waals surface area contributed by atoms with Crippen LogP contribution < -0.4 is 5.32 Å². The van der Waals surface area contributed by atoms with E-state index >= 15 is 0 Å². The number of nitrogens with one attached hydrogen (secondary N) is 1. The first-order valence-electron chi connectivity index (χ1n) is 5.25. The molecule has 2 rings (SSSR count). The number of nitrogens with zero attached hydrogens (tertiary/aromatic N) is 2. The third kappa shape index (κ3) is 2.19. The molecular formula is C12H13F2N3. The fraction of sp³-hybridized carbons (Fsp3) is 0.250. The zero-order valence-electron chi connectivity index (χ0n) is 9.67. The molecule has 17 heavy (non-hydrogen) atoms. The predicted molar refractivity (Wildman–Crippen MR) is 61.3 cm³/mol. The molecule has 0 aliphatic carbocycles. The molecule has 0 unspecified atom stereocenters. The molecule has 0 saturated carbocycles. The lowest BCUT2D eigenvalue weighted by Crippen LogP contribution is -2.05. The van der Waals surface area contributed by atoms with Crippen LogP contribution in [0.1, 0.15) is 5.56 Å². The van der Waals surface area contributed by atoms with Gasteiger partial charge in [0.15, 0.2) is 11.6 Å². The smallest absolute Gasteiger partial charge is 0.168 e. The van der Waals surface area contributed by atoms with Crippen molar-refractivity contribution in [3.8, 4) is 11.3 Å². The first-order chi connectivity index (χ1) is 8.13. The van der Waals surface area contributed by atoms with E-state index in [0.717, 1.165) is 11.6 Å². The number of rotatable bonds is 3. The van der Waals surface area contributed by atoms with Crippen LogP contribution >= 0.6 is 0 Å². The Balaban J connectivity index is 2.55. The van der Waals surface area contributed by atoms with Gasteiger partial charge in [0.1, 0.15) is 0 Å². The summed E-state index contributed by atoms with van der Waals surface area (Å²) >= 11 is 0. The minimum atomic E-state index is -0.858. The molecule has 1 N–H and O–H groups in total. The molecule has 3 nitrogen and oxygen atoms in total. The maximum atomic E-state index is 13.7. The highest BCUT2D eigenvalue weighted by atomic mass is 19.2. The molecule has 0 aliphatic rings. The molecule has 5 heteroatoms. The Bertz CT molecular complexity index is 535. The number of benzene rings is 1. The lowest BCUT2D eigenvalue weighted by molar-refractivity contribution is 0.510. The van der Waals surface area contributed by atoms with Crippen molar-refractivity contribution in [2.75, 3.05) is 7.05 Å². The van der Waals surface area contributed by atoms with Gasteiger partial charge >= 0.3 is 0 Å². The van der Waals surface area contributed by atoms with Crippen LogP contribution in [0.5, 0.6) is 0 Å². The first kappa shape index (κ1) is 11.7. The molecule has 0 atom stereocenters. The topological polar surface area (TPSA) is 29.9 Å². The number of hydrogen-bond donors (Lipinski definition) is 1. The van der Waals surface area contributed by atoms with E-state index in [1.54, 1.807) is 25.0 Å². The molecule has 90 valence electrons. The minimum Gasteiger partial charge on any atom is -0.316 e. The quantitative estimate of drug-likeness (QED) is 0.885. The predicted octanol–water partition coefficient (Wildman–Crippen LogP) is 2.08. The number of halogens is 2. The van der Waals surface area contributed by atoms with Crippen LogP contribution in [0.2, 0.25) is 0 Å². The van der Waals surface area contributed by atoms with E-state index in [0.29, 0.717) is 12.2 Å². The van der Waals surface area contributed by atoms with E-state index in [9.17, 15) is 8.78 Å². The van der Waals surface area contributed by atoms with Gasteiger partial charge in [0.05, 0.1) is 5.69 Å². The summed E-state index contributed by atoms with van der Waals surface area (Å²) < 4.78 is 28.4. The van der Waals surface area contributed by atoms with Crippen LogP contribution in [0, 0.1) is 11.6 Å². The molecule has 0 radical (unpaired) electrons.